The lowest BCUT2D eigenvalue weighted by Crippen LogP contribution is -2.10. The summed E-state index contributed by atoms with van der Waals surface area (Å²) < 4.78 is 14.0. The van der Waals surface area contributed by atoms with Crippen LogP contribution in [0.15, 0.2) is 41.0 Å². The minimum absolute atomic E-state index is 0.165. The third kappa shape index (κ3) is 3.84. The lowest BCUT2D eigenvalue weighted by atomic mass is 9.99. The number of methoxy groups -OCH3 is 1. The lowest BCUT2D eigenvalue weighted by Gasteiger charge is -2.17. The van der Waals surface area contributed by atoms with Gasteiger partial charge in [0.25, 0.3) is 0 Å². The SMILES string of the molecule is CCOC(=O)Cc1c(-c2cccnc2C(C)OC)n(CC)c2ccc(Br)cc12. The summed E-state index contributed by atoms with van der Waals surface area (Å²) in [5.41, 5.74) is 4.86. The topological polar surface area (TPSA) is 53.4 Å². The summed E-state index contributed by atoms with van der Waals surface area (Å²) in [6, 6.07) is 10.1. The van der Waals surface area contributed by atoms with E-state index in [1.54, 1.807) is 13.3 Å². The first kappa shape index (κ1) is 20.6. The number of aromatic nitrogens is 2. The standard InChI is InChI=1S/C22H25BrN2O3/c1-5-25-19-10-9-15(23)12-17(19)18(13-20(26)28-6-2)22(25)16-8-7-11-24-21(16)14(3)27-4/h7-12,14H,5-6,13H2,1-4H3. The summed E-state index contributed by atoms with van der Waals surface area (Å²) in [4.78, 5) is 17.0. The highest BCUT2D eigenvalue weighted by molar-refractivity contribution is 9.10. The average molecular weight is 445 g/mol. The molecule has 0 bridgehead atoms. The number of ether oxygens (including phenoxy) is 2. The predicted molar refractivity (Wildman–Crippen MR) is 114 cm³/mol. The number of carbonyl (C=O) groups excluding carboxylic acids is 1. The number of hydrogen-bond acceptors (Lipinski definition) is 4. The van der Waals surface area contributed by atoms with E-state index in [2.05, 4.69) is 44.5 Å². The maximum atomic E-state index is 12.4. The van der Waals surface area contributed by atoms with Crippen molar-refractivity contribution in [2.24, 2.45) is 0 Å². The van der Waals surface area contributed by atoms with E-state index in [9.17, 15) is 4.79 Å². The number of pyridine rings is 1. The number of hydrogen-bond donors (Lipinski definition) is 0. The highest BCUT2D eigenvalue weighted by atomic mass is 79.9. The molecule has 0 saturated heterocycles. The zero-order valence-electron chi connectivity index (χ0n) is 16.7. The first-order valence-electron chi connectivity index (χ1n) is 9.46. The van der Waals surface area contributed by atoms with Crippen LogP contribution in [-0.2, 0) is 27.2 Å². The van der Waals surface area contributed by atoms with Gasteiger partial charge in [0.15, 0.2) is 0 Å². The van der Waals surface area contributed by atoms with Crippen molar-refractivity contribution in [3.63, 3.8) is 0 Å². The number of rotatable bonds is 7. The van der Waals surface area contributed by atoms with Crippen LogP contribution in [0.4, 0.5) is 0 Å². The Bertz CT molecular complexity index is 997. The summed E-state index contributed by atoms with van der Waals surface area (Å²) in [6.45, 7) is 7.04. The van der Waals surface area contributed by atoms with Crippen LogP contribution in [0.3, 0.4) is 0 Å². The van der Waals surface area contributed by atoms with Gasteiger partial charge in [-0.1, -0.05) is 15.9 Å². The maximum absolute atomic E-state index is 12.4. The highest BCUT2D eigenvalue weighted by Crippen LogP contribution is 2.38. The van der Waals surface area contributed by atoms with Gasteiger partial charge in [0.05, 0.1) is 30.5 Å². The number of benzene rings is 1. The molecule has 3 rings (SSSR count). The molecule has 0 N–H and O–H groups in total. The number of nitrogens with zero attached hydrogens (tertiary/aromatic N) is 2. The minimum Gasteiger partial charge on any atom is -0.466 e. The number of esters is 1. The second-order valence-corrected chi connectivity index (χ2v) is 7.44. The van der Waals surface area contributed by atoms with Crippen LogP contribution in [0, 0.1) is 0 Å². The van der Waals surface area contributed by atoms with E-state index in [0.717, 1.165) is 44.4 Å². The zero-order valence-corrected chi connectivity index (χ0v) is 18.2. The molecule has 1 atom stereocenters. The third-order valence-corrected chi connectivity index (χ3v) is 5.40. The Labute approximate surface area is 173 Å². The first-order chi connectivity index (χ1) is 13.5. The van der Waals surface area contributed by atoms with Gasteiger partial charge in [-0.25, -0.2) is 0 Å². The summed E-state index contributed by atoms with van der Waals surface area (Å²) in [6.07, 6.45) is 1.81. The van der Waals surface area contributed by atoms with E-state index >= 15 is 0 Å². The van der Waals surface area contributed by atoms with Crippen molar-refractivity contribution in [3.05, 3.63) is 52.3 Å². The molecule has 0 radical (unpaired) electrons. The highest BCUT2D eigenvalue weighted by Gasteiger charge is 2.24. The van der Waals surface area contributed by atoms with E-state index in [-0.39, 0.29) is 18.5 Å². The van der Waals surface area contributed by atoms with Crippen LogP contribution in [0.25, 0.3) is 22.2 Å². The third-order valence-electron chi connectivity index (χ3n) is 4.91. The van der Waals surface area contributed by atoms with Crippen molar-refractivity contribution in [1.29, 1.82) is 0 Å². The van der Waals surface area contributed by atoms with E-state index in [0.29, 0.717) is 6.61 Å². The summed E-state index contributed by atoms with van der Waals surface area (Å²) in [5, 5.41) is 1.04. The fourth-order valence-corrected chi connectivity index (χ4v) is 3.98. The van der Waals surface area contributed by atoms with Gasteiger partial charge < -0.3 is 14.0 Å². The molecule has 1 unspecified atom stereocenters. The van der Waals surface area contributed by atoms with Crippen LogP contribution in [0.1, 0.15) is 38.1 Å². The molecule has 0 saturated carbocycles. The molecule has 1 aromatic carbocycles. The van der Waals surface area contributed by atoms with Crippen molar-refractivity contribution in [2.45, 2.75) is 39.8 Å². The Balaban J connectivity index is 2.34. The normalized spacial score (nSPS) is 12.3. The van der Waals surface area contributed by atoms with Crippen molar-refractivity contribution in [3.8, 4) is 11.3 Å². The van der Waals surface area contributed by atoms with E-state index < -0.39 is 0 Å². The molecule has 0 amide bonds. The van der Waals surface area contributed by atoms with Crippen molar-refractivity contribution in [2.75, 3.05) is 13.7 Å². The molecular formula is C22H25BrN2O3. The lowest BCUT2D eigenvalue weighted by molar-refractivity contribution is -0.142. The summed E-state index contributed by atoms with van der Waals surface area (Å²) in [7, 11) is 1.68. The van der Waals surface area contributed by atoms with Gasteiger partial charge in [-0.05, 0) is 56.7 Å². The molecule has 3 aromatic rings. The van der Waals surface area contributed by atoms with Crippen LogP contribution in [0.5, 0.6) is 0 Å². The van der Waals surface area contributed by atoms with Gasteiger partial charge in [0, 0.05) is 40.8 Å². The number of carbonyl (C=O) groups is 1. The van der Waals surface area contributed by atoms with Gasteiger partial charge in [-0.15, -0.1) is 0 Å². The number of fused-ring (bicyclic) bond motifs is 1. The molecule has 0 aliphatic rings. The van der Waals surface area contributed by atoms with Gasteiger partial charge in [-0.2, -0.15) is 0 Å². The maximum Gasteiger partial charge on any atom is 0.310 e. The average Bonchev–Trinajstić information content (AvgIpc) is 2.99. The van der Waals surface area contributed by atoms with Gasteiger partial charge >= 0.3 is 5.97 Å². The fraction of sp³-hybridized carbons (Fsp3) is 0.364. The summed E-state index contributed by atoms with van der Waals surface area (Å²) in [5.74, 6) is -0.232. The van der Waals surface area contributed by atoms with E-state index in [4.69, 9.17) is 9.47 Å². The smallest absolute Gasteiger partial charge is 0.310 e. The molecule has 6 heteroatoms. The second kappa shape index (κ2) is 8.88. The van der Waals surface area contributed by atoms with Crippen molar-refractivity contribution in [1.82, 2.24) is 9.55 Å². The molecule has 2 heterocycles. The van der Waals surface area contributed by atoms with Gasteiger partial charge in [0.1, 0.15) is 0 Å². The van der Waals surface area contributed by atoms with E-state index in [1.165, 1.54) is 0 Å². The van der Waals surface area contributed by atoms with Crippen LogP contribution in [0.2, 0.25) is 0 Å². The largest absolute Gasteiger partial charge is 0.466 e. The Morgan fingerprint density at radius 1 is 1.29 bits per heavy atom. The molecular weight excluding hydrogens is 420 g/mol. The minimum atomic E-state index is -0.232. The van der Waals surface area contributed by atoms with Gasteiger partial charge in [0.2, 0.25) is 0 Å². The molecule has 2 aromatic heterocycles. The Morgan fingerprint density at radius 2 is 2.07 bits per heavy atom. The molecule has 148 valence electrons. The molecule has 0 fully saturated rings. The van der Waals surface area contributed by atoms with Crippen molar-refractivity contribution < 1.29 is 14.3 Å². The Kier molecular flexibility index (Phi) is 6.52. The molecule has 28 heavy (non-hydrogen) atoms. The van der Waals surface area contributed by atoms with Crippen molar-refractivity contribution >= 4 is 32.8 Å². The Morgan fingerprint density at radius 3 is 2.75 bits per heavy atom. The fourth-order valence-electron chi connectivity index (χ4n) is 3.62. The predicted octanol–water partition coefficient (Wildman–Crippen LogP) is 5.30. The monoisotopic (exact) mass is 444 g/mol. The van der Waals surface area contributed by atoms with Crippen LogP contribution >= 0.6 is 15.9 Å². The quantitative estimate of drug-likeness (QED) is 0.464. The molecule has 0 aliphatic heterocycles. The first-order valence-corrected chi connectivity index (χ1v) is 10.2. The number of aryl methyl sites for hydroxylation is 1. The number of halogens is 1. The summed E-state index contributed by atoms with van der Waals surface area (Å²) >= 11 is 3.57. The Hall–Kier alpha value is -2.18. The molecule has 0 spiro atoms. The second-order valence-electron chi connectivity index (χ2n) is 6.53. The zero-order chi connectivity index (χ0) is 20.3. The van der Waals surface area contributed by atoms with Crippen LogP contribution < -0.4 is 0 Å². The molecule has 0 aliphatic carbocycles. The van der Waals surface area contributed by atoms with E-state index in [1.807, 2.05) is 32.0 Å². The van der Waals surface area contributed by atoms with Crippen LogP contribution in [-0.4, -0.2) is 29.2 Å². The molecule has 5 nitrogen and oxygen atoms in total. The van der Waals surface area contributed by atoms with Gasteiger partial charge in [-0.3, -0.25) is 9.78 Å².